The summed E-state index contributed by atoms with van der Waals surface area (Å²) in [6, 6.07) is 7.45. The lowest BCUT2D eigenvalue weighted by Crippen LogP contribution is -2.38. The van der Waals surface area contributed by atoms with Gasteiger partial charge < -0.3 is 10.6 Å². The average molecular weight is 494 g/mol. The van der Waals surface area contributed by atoms with E-state index < -0.39 is 0 Å². The summed E-state index contributed by atoms with van der Waals surface area (Å²) >= 11 is 4.27. The number of nitrogens with zero attached hydrogens (tertiary/aromatic N) is 1. The van der Waals surface area contributed by atoms with Gasteiger partial charge in [-0.15, -0.1) is 0 Å². The zero-order valence-electron chi connectivity index (χ0n) is 16.5. The molecule has 1 saturated carbocycles. The van der Waals surface area contributed by atoms with Gasteiger partial charge in [0.1, 0.15) is 0 Å². The standard InChI is InChI=1S/C21H24BrN3O4S/c22-16-7-3-4-14(12-16)13-17-20(28)25(21(29)30-17)11-10-23-18(26)8-9-24-19(27)15-5-1-2-6-15/h3-4,7,12-13,15H,1-2,5-6,8-11H2,(H,23,26)(H,24,27)/b17-13-. The van der Waals surface area contributed by atoms with Gasteiger partial charge in [0.25, 0.3) is 11.1 Å². The summed E-state index contributed by atoms with van der Waals surface area (Å²) in [5.41, 5.74) is 0.822. The second-order valence-electron chi connectivity index (χ2n) is 7.26. The molecule has 1 aromatic carbocycles. The Bertz CT molecular complexity index is 868. The van der Waals surface area contributed by atoms with Crippen LogP contribution < -0.4 is 10.6 Å². The zero-order valence-corrected chi connectivity index (χ0v) is 18.9. The number of carbonyl (C=O) groups is 4. The van der Waals surface area contributed by atoms with Crippen LogP contribution in [0.5, 0.6) is 0 Å². The molecule has 1 saturated heterocycles. The van der Waals surface area contributed by atoms with Gasteiger partial charge in [-0.1, -0.05) is 40.9 Å². The SMILES string of the molecule is O=C(CCNC(=O)C1CCCC1)NCCN1C(=O)S/C(=C\c2cccc(Br)c2)C1=O. The lowest BCUT2D eigenvalue weighted by molar-refractivity contribution is -0.126. The lowest BCUT2D eigenvalue weighted by Gasteiger charge is -2.13. The molecular weight excluding hydrogens is 470 g/mol. The molecule has 1 aliphatic heterocycles. The molecule has 2 aliphatic rings. The van der Waals surface area contributed by atoms with Crippen molar-refractivity contribution >= 4 is 56.7 Å². The summed E-state index contributed by atoms with van der Waals surface area (Å²) in [6.45, 7) is 0.580. The average Bonchev–Trinajstić information content (AvgIpc) is 3.33. The number of thioether (sulfide) groups is 1. The number of amides is 4. The second kappa shape index (κ2) is 10.8. The van der Waals surface area contributed by atoms with Gasteiger partial charge in [-0.25, -0.2) is 0 Å². The fourth-order valence-electron chi connectivity index (χ4n) is 3.47. The molecule has 7 nitrogen and oxygen atoms in total. The Morgan fingerprint density at radius 1 is 1.17 bits per heavy atom. The van der Waals surface area contributed by atoms with E-state index in [4.69, 9.17) is 0 Å². The number of halogens is 1. The predicted octanol–water partition coefficient (Wildman–Crippen LogP) is 3.30. The summed E-state index contributed by atoms with van der Waals surface area (Å²) in [6.07, 6.45) is 5.87. The maximum absolute atomic E-state index is 12.5. The Hall–Kier alpha value is -2.13. The van der Waals surface area contributed by atoms with Crippen LogP contribution in [0.4, 0.5) is 4.79 Å². The number of nitrogens with one attached hydrogen (secondary N) is 2. The highest BCUT2D eigenvalue weighted by atomic mass is 79.9. The molecule has 1 aromatic rings. The van der Waals surface area contributed by atoms with Crippen molar-refractivity contribution in [2.45, 2.75) is 32.1 Å². The highest BCUT2D eigenvalue weighted by molar-refractivity contribution is 9.10. The topological polar surface area (TPSA) is 95.6 Å². The number of hydrogen-bond acceptors (Lipinski definition) is 5. The lowest BCUT2D eigenvalue weighted by atomic mass is 10.1. The summed E-state index contributed by atoms with van der Waals surface area (Å²) in [4.78, 5) is 50.0. The largest absolute Gasteiger partial charge is 0.355 e. The fraction of sp³-hybridized carbons (Fsp3) is 0.429. The molecule has 9 heteroatoms. The van der Waals surface area contributed by atoms with Gasteiger partial charge in [0.15, 0.2) is 0 Å². The monoisotopic (exact) mass is 493 g/mol. The second-order valence-corrected chi connectivity index (χ2v) is 9.17. The van der Waals surface area contributed by atoms with Crippen LogP contribution in [0.1, 0.15) is 37.7 Å². The molecule has 2 fully saturated rings. The van der Waals surface area contributed by atoms with Gasteiger partial charge in [0.2, 0.25) is 11.8 Å². The smallest absolute Gasteiger partial charge is 0.293 e. The van der Waals surface area contributed by atoms with Crippen molar-refractivity contribution in [3.63, 3.8) is 0 Å². The molecular formula is C21H24BrN3O4S. The third-order valence-electron chi connectivity index (χ3n) is 5.05. The first-order valence-electron chi connectivity index (χ1n) is 9.99. The van der Waals surface area contributed by atoms with Gasteiger partial charge in [-0.05, 0) is 48.4 Å². The third-order valence-corrected chi connectivity index (χ3v) is 6.46. The summed E-state index contributed by atoms with van der Waals surface area (Å²) < 4.78 is 0.887. The van der Waals surface area contributed by atoms with E-state index >= 15 is 0 Å². The Labute approximate surface area is 188 Å². The van der Waals surface area contributed by atoms with Crippen LogP contribution in [-0.4, -0.2) is 47.5 Å². The molecule has 1 aliphatic carbocycles. The van der Waals surface area contributed by atoms with Crippen LogP contribution in [0, 0.1) is 5.92 Å². The van der Waals surface area contributed by atoms with Crippen molar-refractivity contribution < 1.29 is 19.2 Å². The molecule has 0 unspecified atom stereocenters. The van der Waals surface area contributed by atoms with E-state index in [-0.39, 0.29) is 54.9 Å². The van der Waals surface area contributed by atoms with Gasteiger partial charge >= 0.3 is 0 Å². The Morgan fingerprint density at radius 2 is 1.93 bits per heavy atom. The molecule has 0 radical (unpaired) electrons. The maximum Gasteiger partial charge on any atom is 0.293 e. The molecule has 0 bridgehead atoms. The first-order valence-corrected chi connectivity index (χ1v) is 11.6. The van der Waals surface area contributed by atoms with Crippen molar-refractivity contribution in [1.29, 1.82) is 0 Å². The molecule has 3 rings (SSSR count). The van der Waals surface area contributed by atoms with Crippen molar-refractivity contribution in [3.05, 3.63) is 39.2 Å². The third kappa shape index (κ3) is 6.18. The fourth-order valence-corrected chi connectivity index (χ4v) is 4.75. The highest BCUT2D eigenvalue weighted by Crippen LogP contribution is 2.32. The van der Waals surface area contributed by atoms with Crippen molar-refractivity contribution in [2.24, 2.45) is 5.92 Å². The number of carbonyl (C=O) groups excluding carboxylic acids is 4. The molecule has 2 N–H and O–H groups in total. The van der Waals surface area contributed by atoms with Crippen LogP contribution in [0.25, 0.3) is 6.08 Å². The van der Waals surface area contributed by atoms with Gasteiger partial charge in [-0.3, -0.25) is 24.1 Å². The van der Waals surface area contributed by atoms with E-state index in [1.54, 1.807) is 6.08 Å². The molecule has 30 heavy (non-hydrogen) atoms. The summed E-state index contributed by atoms with van der Waals surface area (Å²) in [5, 5.41) is 5.15. The van der Waals surface area contributed by atoms with Gasteiger partial charge in [0.05, 0.1) is 4.91 Å². The normalized spacial score (nSPS) is 18.3. The van der Waals surface area contributed by atoms with E-state index in [2.05, 4.69) is 26.6 Å². The van der Waals surface area contributed by atoms with Crippen LogP contribution >= 0.6 is 27.7 Å². The van der Waals surface area contributed by atoms with Gasteiger partial charge in [0, 0.05) is 36.4 Å². The number of rotatable bonds is 8. The van der Waals surface area contributed by atoms with Crippen molar-refractivity contribution in [1.82, 2.24) is 15.5 Å². The molecule has 4 amide bonds. The van der Waals surface area contributed by atoms with Crippen LogP contribution in [-0.2, 0) is 14.4 Å². The first-order chi connectivity index (χ1) is 14.4. The minimum atomic E-state index is -0.358. The first kappa shape index (κ1) is 22.6. The number of benzene rings is 1. The van der Waals surface area contributed by atoms with E-state index in [1.807, 2.05) is 24.3 Å². The van der Waals surface area contributed by atoms with Gasteiger partial charge in [-0.2, -0.15) is 0 Å². The molecule has 0 atom stereocenters. The van der Waals surface area contributed by atoms with Crippen LogP contribution in [0.15, 0.2) is 33.6 Å². The number of hydrogen-bond donors (Lipinski definition) is 2. The maximum atomic E-state index is 12.5. The quantitative estimate of drug-likeness (QED) is 0.541. The minimum Gasteiger partial charge on any atom is -0.355 e. The Balaban J connectivity index is 1.40. The van der Waals surface area contributed by atoms with Crippen LogP contribution in [0.2, 0.25) is 0 Å². The molecule has 0 aromatic heterocycles. The zero-order chi connectivity index (χ0) is 21.5. The highest BCUT2D eigenvalue weighted by Gasteiger charge is 2.34. The van der Waals surface area contributed by atoms with E-state index in [1.165, 1.54) is 0 Å². The Kier molecular flexibility index (Phi) is 8.09. The van der Waals surface area contributed by atoms with E-state index in [0.29, 0.717) is 4.91 Å². The Morgan fingerprint density at radius 3 is 2.67 bits per heavy atom. The van der Waals surface area contributed by atoms with Crippen LogP contribution in [0.3, 0.4) is 0 Å². The molecule has 0 spiro atoms. The summed E-state index contributed by atoms with van der Waals surface area (Å²) in [7, 11) is 0. The van der Waals surface area contributed by atoms with E-state index in [9.17, 15) is 19.2 Å². The molecule has 1 heterocycles. The number of imide groups is 1. The van der Waals surface area contributed by atoms with E-state index in [0.717, 1.165) is 52.4 Å². The predicted molar refractivity (Wildman–Crippen MR) is 119 cm³/mol. The van der Waals surface area contributed by atoms with Crippen molar-refractivity contribution in [3.8, 4) is 0 Å². The molecule has 160 valence electrons. The minimum absolute atomic E-state index is 0.0235. The van der Waals surface area contributed by atoms with Crippen molar-refractivity contribution in [2.75, 3.05) is 19.6 Å². The summed E-state index contributed by atoms with van der Waals surface area (Å²) in [5.74, 6) is -0.478.